The van der Waals surface area contributed by atoms with E-state index in [1.807, 2.05) is 0 Å². The van der Waals surface area contributed by atoms with Crippen LogP contribution in [-0.2, 0) is 9.47 Å². The minimum Gasteiger partial charge on any atom is -0.381 e. The van der Waals surface area contributed by atoms with Crippen LogP contribution in [0, 0.1) is 0 Å². The lowest BCUT2D eigenvalue weighted by Crippen LogP contribution is -2.01. The number of halogens is 2. The highest BCUT2D eigenvalue weighted by atomic mass is 127. The lowest BCUT2D eigenvalue weighted by atomic mass is 10.3. The van der Waals surface area contributed by atoms with Crippen LogP contribution in [0.25, 0.3) is 0 Å². The van der Waals surface area contributed by atoms with Crippen LogP contribution in [0.5, 0.6) is 0 Å². The third-order valence-corrected chi connectivity index (χ3v) is 2.34. The molecule has 0 saturated carbocycles. The number of ether oxygens (including phenoxy) is 2. The zero-order valence-electron chi connectivity index (χ0n) is 7.94. The molecule has 0 aliphatic carbocycles. The van der Waals surface area contributed by atoms with Gasteiger partial charge in [-0.1, -0.05) is 29.0 Å². The van der Waals surface area contributed by atoms with Gasteiger partial charge in [-0.25, -0.2) is 4.39 Å². The summed E-state index contributed by atoms with van der Waals surface area (Å²) in [5.74, 6) is 0. The van der Waals surface area contributed by atoms with Crippen molar-refractivity contribution in [3.63, 3.8) is 0 Å². The number of hydrogen-bond donors (Lipinski definition) is 0. The first kappa shape index (κ1) is 13.6. The van der Waals surface area contributed by atoms with E-state index >= 15 is 0 Å². The third-order valence-electron chi connectivity index (χ3n) is 1.58. The molecule has 0 aromatic carbocycles. The maximum atomic E-state index is 11.4. The van der Waals surface area contributed by atoms with Gasteiger partial charge in [-0.05, 0) is 23.7 Å². The largest absolute Gasteiger partial charge is 0.381 e. The van der Waals surface area contributed by atoms with Crippen LogP contribution in [0.15, 0.2) is 0 Å². The molecule has 0 rings (SSSR count). The fourth-order valence-corrected chi connectivity index (χ4v) is 1.43. The lowest BCUT2D eigenvalue weighted by molar-refractivity contribution is 0.0375. The van der Waals surface area contributed by atoms with Crippen LogP contribution in [0.2, 0.25) is 0 Å². The van der Waals surface area contributed by atoms with E-state index in [2.05, 4.69) is 27.3 Å². The molecule has 0 heterocycles. The summed E-state index contributed by atoms with van der Waals surface area (Å²) in [7, 11) is 0. The normalized spacial score (nSPS) is 10.6. The fourth-order valence-electron chi connectivity index (χ4n) is 0.895. The van der Waals surface area contributed by atoms with Crippen molar-refractivity contribution >= 4 is 22.6 Å². The van der Waals surface area contributed by atoms with E-state index in [9.17, 15) is 4.39 Å². The number of unbranched alkanes of at least 4 members (excludes halogenated alkanes) is 2. The molecule has 0 saturated heterocycles. The van der Waals surface area contributed by atoms with Crippen molar-refractivity contribution in [3.05, 3.63) is 0 Å². The maximum Gasteiger partial charge on any atom is 0.188 e. The second kappa shape index (κ2) is 12.6. The van der Waals surface area contributed by atoms with Gasteiger partial charge in [0.1, 0.15) is 0 Å². The first-order chi connectivity index (χ1) is 6.41. The van der Waals surface area contributed by atoms with Crippen LogP contribution in [0.3, 0.4) is 0 Å². The van der Waals surface area contributed by atoms with Crippen molar-refractivity contribution in [2.45, 2.75) is 25.7 Å². The molecule has 2 nitrogen and oxygen atoms in total. The first-order valence-corrected chi connectivity index (χ1v) is 6.21. The van der Waals surface area contributed by atoms with E-state index < -0.39 is 6.86 Å². The Hall–Kier alpha value is 0.580. The Morgan fingerprint density at radius 2 is 1.54 bits per heavy atom. The van der Waals surface area contributed by atoms with Gasteiger partial charge in [0.2, 0.25) is 0 Å². The van der Waals surface area contributed by atoms with Crippen LogP contribution in [0.4, 0.5) is 4.39 Å². The Kier molecular flexibility index (Phi) is 13.1. The van der Waals surface area contributed by atoms with E-state index in [0.29, 0.717) is 13.2 Å². The van der Waals surface area contributed by atoms with Gasteiger partial charge in [-0.2, -0.15) is 0 Å². The minimum atomic E-state index is -0.685. The minimum absolute atomic E-state index is 0.463. The van der Waals surface area contributed by atoms with E-state index in [-0.39, 0.29) is 0 Å². The van der Waals surface area contributed by atoms with Crippen LogP contribution >= 0.6 is 22.6 Å². The zero-order chi connectivity index (χ0) is 9.78. The van der Waals surface area contributed by atoms with Crippen LogP contribution in [-0.4, -0.2) is 31.1 Å². The number of hydrogen-bond acceptors (Lipinski definition) is 2. The van der Waals surface area contributed by atoms with Crippen molar-refractivity contribution in [2.75, 3.05) is 31.1 Å². The average Bonchev–Trinajstić information content (AvgIpc) is 2.16. The molecule has 0 radical (unpaired) electrons. The highest BCUT2D eigenvalue weighted by Gasteiger charge is 1.90. The van der Waals surface area contributed by atoms with Gasteiger partial charge in [0.25, 0.3) is 0 Å². The van der Waals surface area contributed by atoms with E-state index in [4.69, 9.17) is 4.74 Å². The van der Waals surface area contributed by atoms with E-state index in [0.717, 1.165) is 19.4 Å². The van der Waals surface area contributed by atoms with Crippen molar-refractivity contribution in [3.8, 4) is 0 Å². The number of rotatable bonds is 10. The Labute approximate surface area is 93.3 Å². The molecule has 0 fully saturated rings. The summed E-state index contributed by atoms with van der Waals surface area (Å²) in [6.45, 7) is 1.29. The summed E-state index contributed by atoms with van der Waals surface area (Å²) < 4.78 is 22.5. The smallest absolute Gasteiger partial charge is 0.188 e. The standard InChI is InChI=1S/C9H18FIO2/c10-9-13-8-4-7-12-6-3-1-2-5-11/h1-9H2. The molecule has 13 heavy (non-hydrogen) atoms. The molecule has 0 aromatic heterocycles. The Morgan fingerprint density at radius 1 is 0.846 bits per heavy atom. The Balaban J connectivity index is 2.76. The summed E-state index contributed by atoms with van der Waals surface area (Å²) >= 11 is 2.38. The van der Waals surface area contributed by atoms with Crippen molar-refractivity contribution in [1.29, 1.82) is 0 Å². The van der Waals surface area contributed by atoms with Crippen molar-refractivity contribution in [1.82, 2.24) is 0 Å². The molecular weight excluding hydrogens is 286 g/mol. The molecular formula is C9H18FIO2. The molecule has 4 heteroatoms. The molecule has 0 aliphatic rings. The molecule has 0 amide bonds. The van der Waals surface area contributed by atoms with Gasteiger partial charge >= 0.3 is 0 Å². The third kappa shape index (κ3) is 12.6. The lowest BCUT2D eigenvalue weighted by Gasteiger charge is -2.03. The summed E-state index contributed by atoms with van der Waals surface area (Å²) in [5.41, 5.74) is 0. The van der Waals surface area contributed by atoms with Crippen LogP contribution < -0.4 is 0 Å². The maximum absolute atomic E-state index is 11.4. The predicted octanol–water partition coefficient (Wildman–Crippen LogP) is 2.94. The summed E-state index contributed by atoms with van der Waals surface area (Å²) in [5, 5.41) is 0. The van der Waals surface area contributed by atoms with Gasteiger partial charge < -0.3 is 9.47 Å². The zero-order valence-corrected chi connectivity index (χ0v) is 10.1. The molecule has 0 aromatic rings. The topological polar surface area (TPSA) is 18.5 Å². The van der Waals surface area contributed by atoms with Crippen molar-refractivity contribution < 1.29 is 13.9 Å². The Bertz CT molecular complexity index is 83.7. The van der Waals surface area contributed by atoms with Gasteiger partial charge in [0.05, 0.1) is 6.61 Å². The van der Waals surface area contributed by atoms with Crippen LogP contribution in [0.1, 0.15) is 25.7 Å². The van der Waals surface area contributed by atoms with Gasteiger partial charge in [-0.15, -0.1) is 0 Å². The quantitative estimate of drug-likeness (QED) is 0.351. The second-order valence-electron chi connectivity index (χ2n) is 2.73. The summed E-state index contributed by atoms with van der Waals surface area (Å²) in [6.07, 6.45) is 4.43. The summed E-state index contributed by atoms with van der Waals surface area (Å²) in [4.78, 5) is 0. The van der Waals surface area contributed by atoms with Crippen molar-refractivity contribution in [2.24, 2.45) is 0 Å². The predicted molar refractivity (Wildman–Crippen MR) is 60.1 cm³/mol. The molecule has 0 bridgehead atoms. The fraction of sp³-hybridized carbons (Fsp3) is 1.00. The molecule has 0 N–H and O–H groups in total. The Morgan fingerprint density at radius 3 is 2.23 bits per heavy atom. The van der Waals surface area contributed by atoms with Gasteiger partial charge in [0.15, 0.2) is 6.86 Å². The second-order valence-corrected chi connectivity index (χ2v) is 3.81. The first-order valence-electron chi connectivity index (χ1n) is 4.69. The molecule has 0 spiro atoms. The monoisotopic (exact) mass is 304 g/mol. The molecule has 80 valence electrons. The SMILES string of the molecule is FCOCCCOCCCCCI. The highest BCUT2D eigenvalue weighted by Crippen LogP contribution is 1.99. The van der Waals surface area contributed by atoms with Gasteiger partial charge in [0, 0.05) is 13.2 Å². The summed E-state index contributed by atoms with van der Waals surface area (Å²) in [6, 6.07) is 0. The molecule has 0 aliphatic heterocycles. The van der Waals surface area contributed by atoms with E-state index in [1.165, 1.54) is 17.3 Å². The van der Waals surface area contributed by atoms with E-state index in [1.54, 1.807) is 0 Å². The molecule has 0 unspecified atom stereocenters. The highest BCUT2D eigenvalue weighted by molar-refractivity contribution is 14.1. The number of alkyl halides is 2. The van der Waals surface area contributed by atoms with Gasteiger partial charge in [-0.3, -0.25) is 0 Å². The molecule has 0 atom stereocenters. The average molecular weight is 304 g/mol.